The van der Waals surface area contributed by atoms with Crippen LogP contribution in [0.15, 0.2) is 18.2 Å². The molecule has 0 aliphatic heterocycles. The molecule has 15 heavy (non-hydrogen) atoms. The summed E-state index contributed by atoms with van der Waals surface area (Å²) >= 11 is 0. The molecule has 0 bridgehead atoms. The molecular weight excluding hydrogens is 209 g/mol. The number of hydrogen-bond acceptors (Lipinski definition) is 3. The third-order valence-electron chi connectivity index (χ3n) is 1.62. The van der Waals surface area contributed by atoms with Gasteiger partial charge in [0.15, 0.2) is 0 Å². The van der Waals surface area contributed by atoms with Crippen LogP contribution < -0.4 is 10.1 Å². The Kier molecular flexibility index (Phi) is 3.90. The smallest absolute Gasteiger partial charge is 0.433 e. The molecule has 0 aliphatic carbocycles. The van der Waals surface area contributed by atoms with Gasteiger partial charge >= 0.3 is 6.18 Å². The van der Waals surface area contributed by atoms with E-state index in [1.165, 1.54) is 12.1 Å². The van der Waals surface area contributed by atoms with Crippen LogP contribution in [0.25, 0.3) is 0 Å². The SMILES string of the molecule is CNCCOc1cccc(C(F)(F)F)n1. The van der Waals surface area contributed by atoms with Gasteiger partial charge in [0.2, 0.25) is 5.88 Å². The predicted octanol–water partition coefficient (Wildman–Crippen LogP) is 1.70. The molecular formula is C9H11F3N2O. The lowest BCUT2D eigenvalue weighted by molar-refractivity contribution is -0.141. The molecule has 1 aromatic rings. The second kappa shape index (κ2) is 4.97. The monoisotopic (exact) mass is 220 g/mol. The summed E-state index contributed by atoms with van der Waals surface area (Å²) in [6, 6.07) is 3.57. The summed E-state index contributed by atoms with van der Waals surface area (Å²) in [5.74, 6) is -0.0138. The molecule has 1 aromatic heterocycles. The molecule has 1 rings (SSSR count). The zero-order chi connectivity index (χ0) is 11.3. The van der Waals surface area contributed by atoms with E-state index in [1.54, 1.807) is 7.05 Å². The molecule has 0 radical (unpaired) electrons. The van der Waals surface area contributed by atoms with Gasteiger partial charge in [0, 0.05) is 12.6 Å². The van der Waals surface area contributed by atoms with Gasteiger partial charge in [-0.1, -0.05) is 6.07 Å². The Labute approximate surface area is 85.3 Å². The summed E-state index contributed by atoms with van der Waals surface area (Å²) in [4.78, 5) is 3.34. The van der Waals surface area contributed by atoms with Crippen molar-refractivity contribution in [3.8, 4) is 5.88 Å². The maximum Gasteiger partial charge on any atom is 0.433 e. The second-order valence-corrected chi connectivity index (χ2v) is 2.81. The summed E-state index contributed by atoms with van der Waals surface area (Å²) in [6.45, 7) is 0.836. The van der Waals surface area contributed by atoms with Crippen LogP contribution in [-0.2, 0) is 6.18 Å². The molecule has 3 nitrogen and oxygen atoms in total. The van der Waals surface area contributed by atoms with Gasteiger partial charge in [-0.25, -0.2) is 4.98 Å². The normalized spacial score (nSPS) is 11.5. The molecule has 1 N–H and O–H groups in total. The number of nitrogens with zero attached hydrogens (tertiary/aromatic N) is 1. The molecule has 0 aromatic carbocycles. The lowest BCUT2D eigenvalue weighted by Gasteiger charge is -2.08. The van der Waals surface area contributed by atoms with Crippen molar-refractivity contribution in [2.45, 2.75) is 6.18 Å². The zero-order valence-electron chi connectivity index (χ0n) is 8.14. The molecule has 84 valence electrons. The van der Waals surface area contributed by atoms with Crippen LogP contribution in [0, 0.1) is 0 Å². The van der Waals surface area contributed by atoms with E-state index in [0.717, 1.165) is 6.07 Å². The number of alkyl halides is 3. The Bertz CT molecular complexity index is 314. The molecule has 0 saturated heterocycles. The fraction of sp³-hybridized carbons (Fsp3) is 0.444. The minimum atomic E-state index is -4.43. The first-order valence-electron chi connectivity index (χ1n) is 4.35. The molecule has 0 amide bonds. The van der Waals surface area contributed by atoms with Crippen molar-refractivity contribution in [3.63, 3.8) is 0 Å². The number of likely N-dealkylation sites (N-methyl/N-ethyl adjacent to an activating group) is 1. The Hall–Kier alpha value is -1.30. The lowest BCUT2D eigenvalue weighted by Crippen LogP contribution is -2.17. The maximum absolute atomic E-state index is 12.2. The van der Waals surface area contributed by atoms with Crippen LogP contribution in [-0.4, -0.2) is 25.2 Å². The molecule has 0 saturated carbocycles. The van der Waals surface area contributed by atoms with Crippen LogP contribution in [0.3, 0.4) is 0 Å². The highest BCUT2D eigenvalue weighted by molar-refractivity contribution is 5.17. The number of pyridine rings is 1. The molecule has 6 heteroatoms. The summed E-state index contributed by atoms with van der Waals surface area (Å²) in [7, 11) is 1.73. The average Bonchev–Trinajstić information content (AvgIpc) is 2.17. The summed E-state index contributed by atoms with van der Waals surface area (Å²) in [6.07, 6.45) is -4.43. The Morgan fingerprint density at radius 2 is 2.13 bits per heavy atom. The number of nitrogens with one attached hydrogen (secondary N) is 1. The fourth-order valence-corrected chi connectivity index (χ4v) is 0.911. The first kappa shape index (κ1) is 11.8. The zero-order valence-corrected chi connectivity index (χ0v) is 8.14. The minimum absolute atomic E-state index is 0.0138. The molecule has 0 unspecified atom stereocenters. The topological polar surface area (TPSA) is 34.1 Å². The van der Waals surface area contributed by atoms with Crippen molar-refractivity contribution in [1.82, 2.24) is 10.3 Å². The second-order valence-electron chi connectivity index (χ2n) is 2.81. The van der Waals surface area contributed by atoms with E-state index in [-0.39, 0.29) is 12.5 Å². The standard InChI is InChI=1S/C9H11F3N2O/c1-13-5-6-15-8-4-2-3-7(14-8)9(10,11)12/h2-4,13H,5-6H2,1H3. The predicted molar refractivity (Wildman–Crippen MR) is 48.7 cm³/mol. The van der Waals surface area contributed by atoms with Crippen LogP contribution >= 0.6 is 0 Å². The van der Waals surface area contributed by atoms with E-state index in [2.05, 4.69) is 10.3 Å². The van der Waals surface area contributed by atoms with Gasteiger partial charge in [0.1, 0.15) is 12.3 Å². The van der Waals surface area contributed by atoms with Crippen molar-refractivity contribution in [1.29, 1.82) is 0 Å². The average molecular weight is 220 g/mol. The van der Waals surface area contributed by atoms with Crippen molar-refractivity contribution >= 4 is 0 Å². The Morgan fingerprint density at radius 1 is 1.40 bits per heavy atom. The van der Waals surface area contributed by atoms with Crippen LogP contribution in [0.2, 0.25) is 0 Å². The van der Waals surface area contributed by atoms with Gasteiger partial charge in [-0.3, -0.25) is 0 Å². The number of hydrogen-bond donors (Lipinski definition) is 1. The van der Waals surface area contributed by atoms with E-state index >= 15 is 0 Å². The van der Waals surface area contributed by atoms with Crippen LogP contribution in [0.5, 0.6) is 5.88 Å². The Morgan fingerprint density at radius 3 is 2.73 bits per heavy atom. The van der Waals surface area contributed by atoms with Crippen LogP contribution in [0.1, 0.15) is 5.69 Å². The van der Waals surface area contributed by atoms with Gasteiger partial charge in [0.05, 0.1) is 0 Å². The fourth-order valence-electron chi connectivity index (χ4n) is 0.911. The van der Waals surface area contributed by atoms with Crippen molar-refractivity contribution in [2.24, 2.45) is 0 Å². The van der Waals surface area contributed by atoms with E-state index in [0.29, 0.717) is 6.54 Å². The Balaban J connectivity index is 2.66. The first-order chi connectivity index (χ1) is 7.04. The first-order valence-corrected chi connectivity index (χ1v) is 4.35. The summed E-state index contributed by atoms with van der Waals surface area (Å²) in [5, 5.41) is 2.81. The summed E-state index contributed by atoms with van der Waals surface area (Å²) < 4.78 is 41.7. The van der Waals surface area contributed by atoms with Gasteiger partial charge < -0.3 is 10.1 Å². The number of rotatable bonds is 4. The number of ether oxygens (including phenoxy) is 1. The third kappa shape index (κ3) is 3.75. The largest absolute Gasteiger partial charge is 0.476 e. The van der Waals surface area contributed by atoms with Crippen molar-refractivity contribution in [3.05, 3.63) is 23.9 Å². The quantitative estimate of drug-likeness (QED) is 0.784. The number of aromatic nitrogens is 1. The highest BCUT2D eigenvalue weighted by Crippen LogP contribution is 2.28. The molecule has 0 spiro atoms. The van der Waals surface area contributed by atoms with Crippen molar-refractivity contribution in [2.75, 3.05) is 20.2 Å². The lowest BCUT2D eigenvalue weighted by atomic mass is 10.3. The van der Waals surface area contributed by atoms with E-state index in [1.807, 2.05) is 0 Å². The molecule has 0 fully saturated rings. The number of halogens is 3. The van der Waals surface area contributed by atoms with E-state index < -0.39 is 11.9 Å². The molecule has 1 heterocycles. The van der Waals surface area contributed by atoms with Gasteiger partial charge in [-0.15, -0.1) is 0 Å². The van der Waals surface area contributed by atoms with E-state index in [9.17, 15) is 13.2 Å². The van der Waals surface area contributed by atoms with Gasteiger partial charge in [-0.2, -0.15) is 13.2 Å². The molecule has 0 atom stereocenters. The summed E-state index contributed by atoms with van der Waals surface area (Å²) in [5.41, 5.74) is -0.940. The highest BCUT2D eigenvalue weighted by Gasteiger charge is 2.32. The minimum Gasteiger partial charge on any atom is -0.476 e. The van der Waals surface area contributed by atoms with Gasteiger partial charge in [-0.05, 0) is 13.1 Å². The highest BCUT2D eigenvalue weighted by atomic mass is 19.4. The third-order valence-corrected chi connectivity index (χ3v) is 1.62. The maximum atomic E-state index is 12.2. The van der Waals surface area contributed by atoms with E-state index in [4.69, 9.17) is 4.74 Å². The van der Waals surface area contributed by atoms with Crippen molar-refractivity contribution < 1.29 is 17.9 Å². The molecule has 0 aliphatic rings. The van der Waals surface area contributed by atoms with Gasteiger partial charge in [0.25, 0.3) is 0 Å². The van der Waals surface area contributed by atoms with Crippen LogP contribution in [0.4, 0.5) is 13.2 Å².